The first-order valence-electron chi connectivity index (χ1n) is 9.12. The summed E-state index contributed by atoms with van der Waals surface area (Å²) in [5.41, 5.74) is 1.26. The van der Waals surface area contributed by atoms with Gasteiger partial charge in [-0.05, 0) is 49.2 Å². The second kappa shape index (κ2) is 7.14. The van der Waals surface area contributed by atoms with Crippen molar-refractivity contribution in [2.75, 3.05) is 30.6 Å². The van der Waals surface area contributed by atoms with Crippen molar-refractivity contribution in [1.29, 1.82) is 0 Å². The molecule has 150 valence electrons. The van der Waals surface area contributed by atoms with Gasteiger partial charge in [0, 0.05) is 19.1 Å². The van der Waals surface area contributed by atoms with Gasteiger partial charge in [0.2, 0.25) is 10.0 Å². The third-order valence-electron chi connectivity index (χ3n) is 5.11. The normalized spacial score (nSPS) is 20.9. The van der Waals surface area contributed by atoms with Gasteiger partial charge in [0.15, 0.2) is 0 Å². The van der Waals surface area contributed by atoms with Crippen LogP contribution in [0.5, 0.6) is 0 Å². The lowest BCUT2D eigenvalue weighted by atomic mass is 10.1. The van der Waals surface area contributed by atoms with Crippen LogP contribution in [0.1, 0.15) is 12.5 Å². The van der Waals surface area contributed by atoms with E-state index in [1.165, 1.54) is 14.7 Å². The Balaban J connectivity index is 1.71. The van der Waals surface area contributed by atoms with Crippen molar-refractivity contribution in [3.63, 3.8) is 0 Å². The predicted octanol–water partition coefficient (Wildman–Crippen LogP) is 1.85. The molecule has 4 rings (SSSR count). The Morgan fingerprint density at radius 1 is 0.893 bits per heavy atom. The quantitative estimate of drug-likeness (QED) is 0.751. The number of ether oxygens (including phenoxy) is 1. The summed E-state index contributed by atoms with van der Waals surface area (Å²) in [7, 11) is -7.33. The third-order valence-corrected chi connectivity index (χ3v) is 8.95. The first-order valence-corrected chi connectivity index (χ1v) is 12.0. The molecule has 1 fully saturated rings. The van der Waals surface area contributed by atoms with E-state index in [4.69, 9.17) is 4.74 Å². The lowest BCUT2D eigenvalue weighted by Crippen LogP contribution is -2.40. The molecular weight excluding hydrogens is 400 g/mol. The Hall–Kier alpha value is -1.94. The zero-order chi connectivity index (χ0) is 19.9. The van der Waals surface area contributed by atoms with Gasteiger partial charge in [-0.3, -0.25) is 4.31 Å². The molecule has 2 aromatic rings. The fourth-order valence-corrected chi connectivity index (χ4v) is 6.92. The van der Waals surface area contributed by atoms with E-state index in [1.54, 1.807) is 42.5 Å². The standard InChI is InChI=1S/C19H22N2O5S2/c1-15-13-16-14-18(27(22,23)20-9-11-26-12-10-20)7-8-19(16)21(15)28(24,25)17-5-3-2-4-6-17/h2-8,14-15H,9-13H2,1H3. The van der Waals surface area contributed by atoms with E-state index in [-0.39, 0.29) is 15.8 Å². The summed E-state index contributed by atoms with van der Waals surface area (Å²) in [6, 6.07) is 12.7. The Labute approximate surface area is 165 Å². The number of hydrogen-bond acceptors (Lipinski definition) is 5. The largest absolute Gasteiger partial charge is 0.379 e. The lowest BCUT2D eigenvalue weighted by Gasteiger charge is -2.26. The number of sulfonamides is 2. The molecule has 0 spiro atoms. The molecule has 2 aromatic carbocycles. The van der Waals surface area contributed by atoms with Crippen molar-refractivity contribution in [1.82, 2.24) is 4.31 Å². The number of benzene rings is 2. The molecule has 0 bridgehead atoms. The zero-order valence-corrected chi connectivity index (χ0v) is 17.1. The van der Waals surface area contributed by atoms with Crippen molar-refractivity contribution in [2.45, 2.75) is 29.2 Å². The van der Waals surface area contributed by atoms with Gasteiger partial charge in [0.05, 0.1) is 28.7 Å². The summed E-state index contributed by atoms with van der Waals surface area (Å²) >= 11 is 0. The highest BCUT2D eigenvalue weighted by Gasteiger charge is 2.37. The summed E-state index contributed by atoms with van der Waals surface area (Å²) in [5, 5.41) is 0. The fraction of sp³-hybridized carbons (Fsp3) is 0.368. The Bertz CT molecular complexity index is 1080. The topological polar surface area (TPSA) is 84.0 Å². The molecule has 0 N–H and O–H groups in total. The molecule has 1 unspecified atom stereocenters. The van der Waals surface area contributed by atoms with E-state index < -0.39 is 20.0 Å². The summed E-state index contributed by atoms with van der Waals surface area (Å²) in [4.78, 5) is 0.416. The van der Waals surface area contributed by atoms with Crippen LogP contribution in [0.3, 0.4) is 0 Å². The van der Waals surface area contributed by atoms with E-state index >= 15 is 0 Å². The molecule has 0 aliphatic carbocycles. The van der Waals surface area contributed by atoms with Crippen LogP contribution in [0.25, 0.3) is 0 Å². The summed E-state index contributed by atoms with van der Waals surface area (Å²) in [6.07, 6.45) is 0.466. The molecule has 0 saturated carbocycles. The molecule has 1 saturated heterocycles. The second-order valence-electron chi connectivity index (χ2n) is 6.97. The molecule has 28 heavy (non-hydrogen) atoms. The highest BCUT2D eigenvalue weighted by atomic mass is 32.2. The minimum Gasteiger partial charge on any atom is -0.379 e. The third kappa shape index (κ3) is 3.22. The summed E-state index contributed by atoms with van der Waals surface area (Å²) < 4.78 is 60.1. The summed E-state index contributed by atoms with van der Waals surface area (Å²) in [6.45, 7) is 3.24. The minimum absolute atomic E-state index is 0.194. The van der Waals surface area contributed by atoms with Crippen LogP contribution in [0.2, 0.25) is 0 Å². The molecule has 7 nitrogen and oxygen atoms in total. The SMILES string of the molecule is CC1Cc2cc(S(=O)(=O)N3CCOCC3)ccc2N1S(=O)(=O)c1ccccc1. The number of fused-ring (bicyclic) bond motifs is 1. The molecule has 2 heterocycles. The van der Waals surface area contributed by atoms with Gasteiger partial charge < -0.3 is 4.74 Å². The fourth-order valence-electron chi connectivity index (χ4n) is 3.75. The minimum atomic E-state index is -3.71. The monoisotopic (exact) mass is 422 g/mol. The maximum Gasteiger partial charge on any atom is 0.264 e. The van der Waals surface area contributed by atoms with Gasteiger partial charge in [0.1, 0.15) is 0 Å². The van der Waals surface area contributed by atoms with E-state index in [0.29, 0.717) is 38.4 Å². The van der Waals surface area contributed by atoms with Crippen LogP contribution in [-0.4, -0.2) is 53.5 Å². The van der Waals surface area contributed by atoms with E-state index in [2.05, 4.69) is 0 Å². The average Bonchev–Trinajstić information content (AvgIpc) is 3.05. The van der Waals surface area contributed by atoms with Crippen LogP contribution in [-0.2, 0) is 31.2 Å². The number of rotatable bonds is 4. The molecule has 2 aliphatic rings. The molecular formula is C19H22N2O5S2. The highest BCUT2D eigenvalue weighted by Crippen LogP contribution is 2.38. The number of morpholine rings is 1. The van der Waals surface area contributed by atoms with E-state index in [0.717, 1.165) is 5.56 Å². The Morgan fingerprint density at radius 3 is 2.25 bits per heavy atom. The lowest BCUT2D eigenvalue weighted by molar-refractivity contribution is 0.0730. The van der Waals surface area contributed by atoms with Gasteiger partial charge >= 0.3 is 0 Å². The molecule has 2 aliphatic heterocycles. The molecule has 0 amide bonds. The highest BCUT2D eigenvalue weighted by molar-refractivity contribution is 7.93. The van der Waals surface area contributed by atoms with Crippen molar-refractivity contribution in [3.8, 4) is 0 Å². The zero-order valence-electron chi connectivity index (χ0n) is 15.5. The molecule has 1 atom stereocenters. The maximum atomic E-state index is 13.1. The van der Waals surface area contributed by atoms with Crippen molar-refractivity contribution in [2.24, 2.45) is 0 Å². The second-order valence-corrected chi connectivity index (χ2v) is 10.7. The Morgan fingerprint density at radius 2 is 1.57 bits per heavy atom. The van der Waals surface area contributed by atoms with Crippen LogP contribution in [0.15, 0.2) is 58.3 Å². The first kappa shape index (κ1) is 19.4. The van der Waals surface area contributed by atoms with E-state index in [1.807, 2.05) is 6.92 Å². The smallest absolute Gasteiger partial charge is 0.264 e. The van der Waals surface area contributed by atoms with Gasteiger partial charge in [0.25, 0.3) is 10.0 Å². The van der Waals surface area contributed by atoms with Crippen molar-refractivity contribution in [3.05, 3.63) is 54.1 Å². The van der Waals surface area contributed by atoms with Crippen LogP contribution in [0, 0.1) is 0 Å². The number of anilines is 1. The van der Waals surface area contributed by atoms with Gasteiger partial charge in [-0.2, -0.15) is 4.31 Å². The van der Waals surface area contributed by atoms with Gasteiger partial charge in [-0.15, -0.1) is 0 Å². The predicted molar refractivity (Wildman–Crippen MR) is 105 cm³/mol. The molecule has 9 heteroatoms. The number of hydrogen-bond donors (Lipinski definition) is 0. The van der Waals surface area contributed by atoms with E-state index in [9.17, 15) is 16.8 Å². The number of nitrogens with zero attached hydrogens (tertiary/aromatic N) is 2. The maximum absolute atomic E-state index is 13.1. The van der Waals surface area contributed by atoms with Gasteiger partial charge in [-0.1, -0.05) is 18.2 Å². The van der Waals surface area contributed by atoms with Crippen molar-refractivity contribution >= 4 is 25.7 Å². The summed E-state index contributed by atoms with van der Waals surface area (Å²) in [5.74, 6) is 0. The van der Waals surface area contributed by atoms with Crippen LogP contribution >= 0.6 is 0 Å². The first-order chi connectivity index (χ1) is 13.3. The van der Waals surface area contributed by atoms with Crippen LogP contribution in [0.4, 0.5) is 5.69 Å². The van der Waals surface area contributed by atoms with Gasteiger partial charge in [-0.25, -0.2) is 16.8 Å². The Kier molecular flexibility index (Phi) is 4.95. The molecule has 0 aromatic heterocycles. The van der Waals surface area contributed by atoms with Crippen LogP contribution < -0.4 is 4.31 Å². The molecule has 0 radical (unpaired) electrons. The average molecular weight is 423 g/mol. The van der Waals surface area contributed by atoms with Crippen molar-refractivity contribution < 1.29 is 21.6 Å².